The van der Waals surface area contributed by atoms with Gasteiger partial charge < -0.3 is 9.64 Å². The van der Waals surface area contributed by atoms with Crippen LogP contribution in [0, 0.1) is 5.41 Å². The summed E-state index contributed by atoms with van der Waals surface area (Å²) in [6.07, 6.45) is -2.35. The van der Waals surface area contributed by atoms with Gasteiger partial charge in [0.1, 0.15) is 0 Å². The molecule has 8 heteroatoms. The number of esters is 1. The summed E-state index contributed by atoms with van der Waals surface area (Å²) < 4.78 is 45.6. The van der Waals surface area contributed by atoms with Crippen LogP contribution in [-0.2, 0) is 22.1 Å². The molecule has 0 amide bonds. The molecule has 3 rings (SSSR count). The van der Waals surface area contributed by atoms with Crippen molar-refractivity contribution in [1.29, 1.82) is 0 Å². The topological polar surface area (TPSA) is 53.6 Å². The van der Waals surface area contributed by atoms with Crippen molar-refractivity contribution in [1.82, 2.24) is 15.8 Å². The Labute approximate surface area is 163 Å². The van der Waals surface area contributed by atoms with Crippen LogP contribution in [0.4, 0.5) is 13.2 Å². The van der Waals surface area contributed by atoms with Crippen LogP contribution in [0.15, 0.2) is 24.3 Å². The molecule has 1 aromatic carbocycles. The molecule has 0 radical (unpaired) electrons. The Morgan fingerprint density at radius 1 is 1.29 bits per heavy atom. The Morgan fingerprint density at radius 3 is 2.61 bits per heavy atom. The fourth-order valence-corrected chi connectivity index (χ4v) is 4.20. The second-order valence-corrected chi connectivity index (χ2v) is 7.69. The van der Waals surface area contributed by atoms with Gasteiger partial charge in [0.2, 0.25) is 0 Å². The van der Waals surface area contributed by atoms with Gasteiger partial charge in [-0.15, -0.1) is 0 Å². The Morgan fingerprint density at radius 2 is 2.00 bits per heavy atom. The second-order valence-electron chi connectivity index (χ2n) is 7.69. The molecule has 0 aromatic heterocycles. The number of carbonyl (C=O) groups excluding carboxylic acids is 1. The van der Waals surface area contributed by atoms with Crippen LogP contribution in [0.5, 0.6) is 0 Å². The molecule has 2 aliphatic rings. The number of halogens is 3. The summed E-state index contributed by atoms with van der Waals surface area (Å²) in [6, 6.07) is 5.90. The van der Waals surface area contributed by atoms with Crippen molar-refractivity contribution in [3.8, 4) is 0 Å². The van der Waals surface area contributed by atoms with Gasteiger partial charge in [0.15, 0.2) is 0 Å². The zero-order chi connectivity index (χ0) is 20.2. The van der Waals surface area contributed by atoms with Crippen LogP contribution in [0.25, 0.3) is 0 Å². The molecule has 2 aliphatic heterocycles. The monoisotopic (exact) mass is 399 g/mol. The second kappa shape index (κ2) is 8.80. The molecule has 156 valence electrons. The summed E-state index contributed by atoms with van der Waals surface area (Å²) in [5.41, 5.74) is 4.93. The van der Waals surface area contributed by atoms with Gasteiger partial charge in [0.05, 0.1) is 17.6 Å². The van der Waals surface area contributed by atoms with E-state index < -0.39 is 17.2 Å². The van der Waals surface area contributed by atoms with Gasteiger partial charge in [-0.25, -0.2) is 0 Å². The van der Waals surface area contributed by atoms with Gasteiger partial charge >= 0.3 is 12.1 Å². The summed E-state index contributed by atoms with van der Waals surface area (Å²) in [7, 11) is 0. The van der Waals surface area contributed by atoms with Gasteiger partial charge in [-0.1, -0.05) is 18.2 Å². The zero-order valence-corrected chi connectivity index (χ0v) is 16.1. The highest BCUT2D eigenvalue weighted by Crippen LogP contribution is 2.40. The molecule has 1 aromatic rings. The van der Waals surface area contributed by atoms with E-state index in [0.717, 1.165) is 25.6 Å². The van der Waals surface area contributed by atoms with Crippen molar-refractivity contribution in [2.24, 2.45) is 5.41 Å². The van der Waals surface area contributed by atoms with Crippen molar-refractivity contribution in [3.63, 3.8) is 0 Å². The number of carbonyl (C=O) groups is 1. The average Bonchev–Trinajstić information content (AvgIpc) is 3.16. The number of hydrogen-bond acceptors (Lipinski definition) is 5. The predicted molar refractivity (Wildman–Crippen MR) is 99.4 cm³/mol. The first kappa shape index (κ1) is 21.1. The summed E-state index contributed by atoms with van der Waals surface area (Å²) in [5, 5.41) is 0. The molecule has 2 heterocycles. The number of nitrogens with one attached hydrogen (secondary N) is 2. The molecule has 2 saturated heterocycles. The van der Waals surface area contributed by atoms with E-state index in [4.69, 9.17) is 4.74 Å². The van der Waals surface area contributed by atoms with Gasteiger partial charge in [0.25, 0.3) is 0 Å². The quantitative estimate of drug-likeness (QED) is 0.721. The molecule has 2 N–H and O–H groups in total. The van der Waals surface area contributed by atoms with Gasteiger partial charge in [-0.3, -0.25) is 15.6 Å². The lowest BCUT2D eigenvalue weighted by Crippen LogP contribution is -2.49. The van der Waals surface area contributed by atoms with Crippen molar-refractivity contribution >= 4 is 5.97 Å². The van der Waals surface area contributed by atoms with Gasteiger partial charge in [-0.2, -0.15) is 13.2 Å². The third-order valence-electron chi connectivity index (χ3n) is 5.78. The lowest BCUT2D eigenvalue weighted by atomic mass is 9.73. The van der Waals surface area contributed by atoms with Crippen molar-refractivity contribution < 1.29 is 22.7 Å². The summed E-state index contributed by atoms with van der Waals surface area (Å²) in [4.78, 5) is 15.1. The molecular weight excluding hydrogens is 371 g/mol. The molecular formula is C20H28F3N3O2. The highest BCUT2D eigenvalue weighted by molar-refractivity contribution is 5.77. The number of nitrogens with zero attached hydrogens (tertiary/aromatic N) is 1. The van der Waals surface area contributed by atoms with Crippen molar-refractivity contribution in [2.45, 2.75) is 44.8 Å². The van der Waals surface area contributed by atoms with Gasteiger partial charge in [-0.05, 0) is 57.3 Å². The van der Waals surface area contributed by atoms with Crippen LogP contribution in [0.1, 0.15) is 37.3 Å². The number of piperidine rings is 1. The summed E-state index contributed by atoms with van der Waals surface area (Å²) in [6.45, 7) is 5.09. The molecule has 1 unspecified atom stereocenters. The highest BCUT2D eigenvalue weighted by Gasteiger charge is 2.45. The summed E-state index contributed by atoms with van der Waals surface area (Å²) >= 11 is 0. The lowest BCUT2D eigenvalue weighted by molar-refractivity contribution is -0.159. The van der Waals surface area contributed by atoms with Crippen LogP contribution in [0.2, 0.25) is 0 Å². The minimum atomic E-state index is -4.44. The molecule has 0 aliphatic carbocycles. The minimum Gasteiger partial charge on any atom is -0.466 e. The van der Waals surface area contributed by atoms with E-state index >= 15 is 0 Å². The molecule has 0 bridgehead atoms. The van der Waals surface area contributed by atoms with Crippen LogP contribution in [-0.4, -0.2) is 49.7 Å². The normalized spacial score (nSPS) is 22.9. The number of hydrogen-bond donors (Lipinski definition) is 2. The van der Waals surface area contributed by atoms with E-state index in [2.05, 4.69) is 15.8 Å². The zero-order valence-electron chi connectivity index (χ0n) is 16.1. The van der Waals surface area contributed by atoms with E-state index in [1.165, 1.54) is 12.1 Å². The first-order valence-corrected chi connectivity index (χ1v) is 9.87. The number of benzene rings is 1. The minimum absolute atomic E-state index is 0.0542. The van der Waals surface area contributed by atoms with E-state index in [1.807, 2.05) is 0 Å². The smallest absolute Gasteiger partial charge is 0.416 e. The maximum Gasteiger partial charge on any atom is 0.416 e. The van der Waals surface area contributed by atoms with Crippen LogP contribution >= 0.6 is 0 Å². The molecule has 0 spiro atoms. The summed E-state index contributed by atoms with van der Waals surface area (Å²) in [5.74, 6) is -0.382. The molecule has 2 fully saturated rings. The average molecular weight is 399 g/mol. The van der Waals surface area contributed by atoms with E-state index in [9.17, 15) is 18.0 Å². The number of ether oxygens (including phenoxy) is 1. The third-order valence-corrected chi connectivity index (χ3v) is 5.78. The number of likely N-dealkylation sites (tertiary alicyclic amines) is 1. The van der Waals surface area contributed by atoms with Gasteiger partial charge in [0, 0.05) is 19.1 Å². The molecule has 28 heavy (non-hydrogen) atoms. The molecule has 1 atom stereocenters. The highest BCUT2D eigenvalue weighted by atomic mass is 19.4. The fourth-order valence-electron chi connectivity index (χ4n) is 4.20. The van der Waals surface area contributed by atoms with Crippen LogP contribution in [0.3, 0.4) is 0 Å². The fraction of sp³-hybridized carbons (Fsp3) is 0.650. The SMILES string of the molecule is CCOC(=O)C1(Cc2ccccc2C(F)(F)F)CCN(CC2CCNN2)CC1. The standard InChI is InChI=1S/C20H28F3N3O2/c1-2-28-18(27)19(13-15-5-3-4-6-17(15)20(21,22)23)8-11-26(12-9-19)14-16-7-10-24-25-16/h3-6,16,24-25H,2,7-14H2,1H3. The van der Waals surface area contributed by atoms with Crippen molar-refractivity contribution in [3.05, 3.63) is 35.4 Å². The van der Waals surface area contributed by atoms with E-state index in [1.54, 1.807) is 13.0 Å². The Bertz CT molecular complexity index is 667. The number of hydrazine groups is 1. The van der Waals surface area contributed by atoms with Crippen LogP contribution < -0.4 is 10.9 Å². The predicted octanol–water partition coefficient (Wildman–Crippen LogP) is 2.76. The lowest BCUT2D eigenvalue weighted by Gasteiger charge is -2.41. The third kappa shape index (κ3) is 4.85. The maximum atomic E-state index is 13.4. The first-order chi connectivity index (χ1) is 13.3. The molecule has 5 nitrogen and oxygen atoms in total. The largest absolute Gasteiger partial charge is 0.466 e. The first-order valence-electron chi connectivity index (χ1n) is 9.87. The Kier molecular flexibility index (Phi) is 6.62. The van der Waals surface area contributed by atoms with Crippen molar-refractivity contribution in [2.75, 3.05) is 32.8 Å². The van der Waals surface area contributed by atoms with E-state index in [-0.39, 0.29) is 24.6 Å². The Balaban J connectivity index is 1.76. The Hall–Kier alpha value is -1.64. The maximum absolute atomic E-state index is 13.4. The molecule has 0 saturated carbocycles. The number of rotatable bonds is 6. The number of alkyl halides is 3. The van der Waals surface area contributed by atoms with E-state index in [0.29, 0.717) is 32.0 Å².